The topological polar surface area (TPSA) is 3.24 Å². The SMILES string of the molecule is CC(C)(C)c1cc(-c2cc(N(c3ccccc3)c3ccc4c(c3)C(C)(C)c3ccccc3-4)cc(C(C)(C)C)c2)cc(-c2cc(C(C)(C)C)cc(C(C)(C)C)c2)c1. The Kier molecular flexibility index (Phi) is 9.59. The van der Waals surface area contributed by atoms with Crippen molar-refractivity contribution < 1.29 is 0 Å². The lowest BCUT2D eigenvalue weighted by molar-refractivity contribution is 0.569. The highest BCUT2D eigenvalue weighted by Gasteiger charge is 2.36. The summed E-state index contributed by atoms with van der Waals surface area (Å²) in [6, 6.07) is 48.8. The summed E-state index contributed by atoms with van der Waals surface area (Å²) in [6.45, 7) is 32.7. The van der Waals surface area contributed by atoms with Crippen LogP contribution in [0.5, 0.6) is 0 Å². The van der Waals surface area contributed by atoms with E-state index in [0.717, 1.165) is 5.69 Å². The van der Waals surface area contributed by atoms with Crippen LogP contribution in [0.3, 0.4) is 0 Å². The minimum atomic E-state index is -0.0936. The summed E-state index contributed by atoms with van der Waals surface area (Å²) in [6.07, 6.45) is 0. The highest BCUT2D eigenvalue weighted by molar-refractivity contribution is 5.87. The number of rotatable bonds is 5. The maximum absolute atomic E-state index is 2.47. The summed E-state index contributed by atoms with van der Waals surface area (Å²) in [5, 5.41) is 0. The van der Waals surface area contributed by atoms with Crippen molar-refractivity contribution in [2.45, 2.75) is 124 Å². The third-order valence-corrected chi connectivity index (χ3v) is 12.0. The zero-order chi connectivity index (χ0) is 40.6. The average molecular weight is 738 g/mol. The fraction of sp³-hybridized carbons (Fsp3) is 0.345. The van der Waals surface area contributed by atoms with E-state index in [1.165, 1.54) is 78.1 Å². The summed E-state index contributed by atoms with van der Waals surface area (Å²) in [5.41, 5.74) is 19.3. The van der Waals surface area contributed by atoms with E-state index in [9.17, 15) is 0 Å². The first kappa shape index (κ1) is 39.4. The Labute approximate surface area is 338 Å². The van der Waals surface area contributed by atoms with Crippen molar-refractivity contribution in [3.63, 3.8) is 0 Å². The monoisotopic (exact) mass is 737 g/mol. The Balaban J connectivity index is 1.47. The smallest absolute Gasteiger partial charge is 0.0470 e. The number of benzene rings is 6. The molecular weight excluding hydrogens is 675 g/mol. The van der Waals surface area contributed by atoms with Gasteiger partial charge in [-0.25, -0.2) is 0 Å². The zero-order valence-electron chi connectivity index (χ0n) is 36.6. The number of nitrogens with zero attached hydrogens (tertiary/aromatic N) is 1. The van der Waals surface area contributed by atoms with E-state index in [1.54, 1.807) is 0 Å². The van der Waals surface area contributed by atoms with Crippen LogP contribution in [0.25, 0.3) is 33.4 Å². The normalized spacial score (nSPS) is 14.0. The van der Waals surface area contributed by atoms with Gasteiger partial charge < -0.3 is 4.90 Å². The maximum atomic E-state index is 2.47. The number of hydrogen-bond acceptors (Lipinski definition) is 1. The molecule has 0 fully saturated rings. The summed E-state index contributed by atoms with van der Waals surface area (Å²) in [4.78, 5) is 2.47. The summed E-state index contributed by atoms with van der Waals surface area (Å²) >= 11 is 0. The van der Waals surface area contributed by atoms with Crippen molar-refractivity contribution in [2.75, 3.05) is 4.90 Å². The van der Waals surface area contributed by atoms with Gasteiger partial charge in [0, 0.05) is 22.5 Å². The number of hydrogen-bond donors (Lipinski definition) is 0. The molecule has 0 saturated heterocycles. The van der Waals surface area contributed by atoms with Crippen LogP contribution >= 0.6 is 0 Å². The molecular formula is C55H63N. The predicted molar refractivity (Wildman–Crippen MR) is 244 cm³/mol. The van der Waals surface area contributed by atoms with Crippen LogP contribution in [0, 0.1) is 0 Å². The van der Waals surface area contributed by atoms with Crippen molar-refractivity contribution >= 4 is 17.1 Å². The maximum Gasteiger partial charge on any atom is 0.0470 e. The van der Waals surface area contributed by atoms with Gasteiger partial charge in [0.1, 0.15) is 0 Å². The van der Waals surface area contributed by atoms with E-state index >= 15 is 0 Å². The molecule has 0 saturated carbocycles. The summed E-state index contributed by atoms with van der Waals surface area (Å²) in [5.74, 6) is 0. The Morgan fingerprint density at radius 2 is 0.768 bits per heavy atom. The van der Waals surface area contributed by atoms with Crippen LogP contribution in [-0.4, -0.2) is 0 Å². The molecule has 0 aromatic heterocycles. The van der Waals surface area contributed by atoms with Crippen molar-refractivity contribution in [2.24, 2.45) is 0 Å². The van der Waals surface area contributed by atoms with Gasteiger partial charge in [-0.3, -0.25) is 0 Å². The molecule has 6 aromatic rings. The van der Waals surface area contributed by atoms with Crippen molar-refractivity contribution in [1.29, 1.82) is 0 Å². The zero-order valence-corrected chi connectivity index (χ0v) is 36.6. The predicted octanol–water partition coefficient (Wildman–Crippen LogP) is 16.0. The van der Waals surface area contributed by atoms with Gasteiger partial charge >= 0.3 is 0 Å². The first-order valence-electron chi connectivity index (χ1n) is 20.6. The molecule has 1 aliphatic carbocycles. The van der Waals surface area contributed by atoms with Crippen LogP contribution in [0.15, 0.2) is 127 Å². The van der Waals surface area contributed by atoms with E-state index in [1.807, 2.05) is 0 Å². The van der Waals surface area contributed by atoms with Crippen molar-refractivity contribution in [3.8, 4) is 33.4 Å². The lowest BCUT2D eigenvalue weighted by atomic mass is 9.78. The molecule has 0 bridgehead atoms. The van der Waals surface area contributed by atoms with Crippen LogP contribution in [0.2, 0.25) is 0 Å². The standard InChI is InChI=1S/C55H63N/c1-51(2,3)40-27-36(38-29-41(52(4,5)6)33-42(30-38)53(7,8)9)26-37(28-40)39-31-43(54(10,11)12)34-46(32-39)56(44-20-16-15-17-21-44)45-24-25-48-47-22-18-19-23-49(47)55(13,14)50(48)35-45/h15-35H,1-14H3. The third-order valence-electron chi connectivity index (χ3n) is 12.0. The Hall–Kier alpha value is -4.88. The molecule has 0 spiro atoms. The highest BCUT2D eigenvalue weighted by Crippen LogP contribution is 2.51. The number of para-hydroxylation sites is 1. The lowest BCUT2D eigenvalue weighted by Crippen LogP contribution is -2.17. The van der Waals surface area contributed by atoms with Crippen LogP contribution < -0.4 is 4.90 Å². The Morgan fingerprint density at radius 3 is 1.30 bits per heavy atom. The van der Waals surface area contributed by atoms with Crippen molar-refractivity contribution in [1.82, 2.24) is 0 Å². The van der Waals surface area contributed by atoms with E-state index in [2.05, 4.69) is 229 Å². The molecule has 6 aromatic carbocycles. The molecule has 0 unspecified atom stereocenters. The lowest BCUT2D eigenvalue weighted by Gasteiger charge is -2.30. The van der Waals surface area contributed by atoms with Crippen LogP contribution in [0.4, 0.5) is 17.1 Å². The average Bonchev–Trinajstić information content (AvgIpc) is 3.36. The van der Waals surface area contributed by atoms with Gasteiger partial charge in [-0.15, -0.1) is 0 Å². The molecule has 288 valence electrons. The fourth-order valence-electron chi connectivity index (χ4n) is 8.25. The molecule has 0 aliphatic heterocycles. The van der Waals surface area contributed by atoms with Gasteiger partial charge in [-0.1, -0.05) is 182 Å². The first-order valence-corrected chi connectivity index (χ1v) is 20.6. The minimum Gasteiger partial charge on any atom is -0.310 e. The number of fused-ring (bicyclic) bond motifs is 3. The molecule has 0 atom stereocenters. The molecule has 0 amide bonds. The van der Waals surface area contributed by atoms with Gasteiger partial charge in [-0.2, -0.15) is 0 Å². The fourth-order valence-corrected chi connectivity index (χ4v) is 8.25. The molecule has 1 nitrogen and oxygen atoms in total. The van der Waals surface area contributed by atoms with Crippen molar-refractivity contribution in [3.05, 3.63) is 161 Å². The van der Waals surface area contributed by atoms with E-state index in [4.69, 9.17) is 0 Å². The molecule has 1 heteroatoms. The van der Waals surface area contributed by atoms with Gasteiger partial charge in [0.2, 0.25) is 0 Å². The van der Waals surface area contributed by atoms with E-state index < -0.39 is 0 Å². The second-order valence-corrected chi connectivity index (χ2v) is 20.9. The van der Waals surface area contributed by atoms with Gasteiger partial charge in [0.25, 0.3) is 0 Å². The molecule has 0 N–H and O–H groups in total. The quantitative estimate of drug-likeness (QED) is 0.170. The van der Waals surface area contributed by atoms with Gasteiger partial charge in [0.15, 0.2) is 0 Å². The molecule has 7 rings (SSSR count). The second-order valence-electron chi connectivity index (χ2n) is 20.9. The van der Waals surface area contributed by atoms with Gasteiger partial charge in [-0.05, 0) is 131 Å². The molecule has 0 heterocycles. The minimum absolute atomic E-state index is 0.0331. The molecule has 0 radical (unpaired) electrons. The summed E-state index contributed by atoms with van der Waals surface area (Å²) in [7, 11) is 0. The number of anilines is 3. The van der Waals surface area contributed by atoms with Crippen LogP contribution in [0.1, 0.15) is 130 Å². The molecule has 1 aliphatic rings. The Morgan fingerprint density at radius 1 is 0.339 bits per heavy atom. The van der Waals surface area contributed by atoms with Gasteiger partial charge in [0.05, 0.1) is 0 Å². The highest BCUT2D eigenvalue weighted by atomic mass is 15.1. The first-order chi connectivity index (χ1) is 26.0. The Bertz CT molecular complexity index is 2380. The van der Waals surface area contributed by atoms with Crippen LogP contribution in [-0.2, 0) is 27.1 Å². The van der Waals surface area contributed by atoms with E-state index in [-0.39, 0.29) is 27.1 Å². The molecule has 56 heavy (non-hydrogen) atoms. The third kappa shape index (κ3) is 7.50. The second kappa shape index (κ2) is 13.7. The summed E-state index contributed by atoms with van der Waals surface area (Å²) < 4.78 is 0. The van der Waals surface area contributed by atoms with E-state index in [0.29, 0.717) is 0 Å². The largest absolute Gasteiger partial charge is 0.310 e.